The second-order valence-corrected chi connectivity index (χ2v) is 8.17. The molecule has 0 radical (unpaired) electrons. The fourth-order valence-electron chi connectivity index (χ4n) is 3.84. The minimum absolute atomic E-state index is 0.00824. The molecule has 0 aromatic heterocycles. The van der Waals surface area contributed by atoms with Crippen LogP contribution in [-0.4, -0.2) is 29.9 Å². The van der Waals surface area contributed by atoms with E-state index in [1.165, 1.54) is 11.1 Å². The molecule has 1 heterocycles. The molecule has 0 saturated heterocycles. The van der Waals surface area contributed by atoms with Gasteiger partial charge >= 0.3 is 6.03 Å². The van der Waals surface area contributed by atoms with Crippen molar-refractivity contribution in [2.45, 2.75) is 32.7 Å². The van der Waals surface area contributed by atoms with Crippen LogP contribution in [0.1, 0.15) is 27.8 Å². The number of rotatable bonds is 8. The summed E-state index contributed by atoms with van der Waals surface area (Å²) in [6.07, 6.45) is 0.849. The average molecular weight is 444 g/mol. The number of ether oxygens (including phenoxy) is 1. The van der Waals surface area contributed by atoms with Crippen molar-refractivity contribution in [2.75, 3.05) is 13.1 Å². The Balaban J connectivity index is 1.14. The second kappa shape index (κ2) is 11.3. The van der Waals surface area contributed by atoms with Crippen LogP contribution in [-0.2, 0) is 42.3 Å². The number of amides is 3. The molecule has 6 heteroatoms. The van der Waals surface area contributed by atoms with Crippen LogP contribution in [0.2, 0.25) is 0 Å². The Morgan fingerprint density at radius 3 is 2.15 bits per heavy atom. The van der Waals surface area contributed by atoms with E-state index in [2.05, 4.69) is 22.8 Å². The number of benzene rings is 3. The highest BCUT2D eigenvalue weighted by atomic mass is 16.5. The first-order chi connectivity index (χ1) is 16.2. The molecule has 0 fully saturated rings. The van der Waals surface area contributed by atoms with Crippen LogP contribution < -0.4 is 10.6 Å². The van der Waals surface area contributed by atoms with Crippen molar-refractivity contribution < 1.29 is 14.3 Å². The summed E-state index contributed by atoms with van der Waals surface area (Å²) in [6.45, 7) is 2.77. The average Bonchev–Trinajstić information content (AvgIpc) is 2.87. The van der Waals surface area contributed by atoms with Crippen molar-refractivity contribution in [1.29, 1.82) is 0 Å². The van der Waals surface area contributed by atoms with E-state index < -0.39 is 0 Å². The predicted octanol–water partition coefficient (Wildman–Crippen LogP) is 3.79. The van der Waals surface area contributed by atoms with E-state index in [4.69, 9.17) is 4.74 Å². The van der Waals surface area contributed by atoms with Crippen LogP contribution in [0, 0.1) is 0 Å². The molecule has 0 bridgehead atoms. The van der Waals surface area contributed by atoms with Crippen LogP contribution in [0.15, 0.2) is 78.9 Å². The summed E-state index contributed by atoms with van der Waals surface area (Å²) in [5, 5.41) is 5.47. The van der Waals surface area contributed by atoms with Gasteiger partial charge in [0.1, 0.15) is 0 Å². The van der Waals surface area contributed by atoms with Crippen molar-refractivity contribution in [3.05, 3.63) is 107 Å². The van der Waals surface area contributed by atoms with Gasteiger partial charge in [-0.1, -0.05) is 78.9 Å². The lowest BCUT2D eigenvalue weighted by molar-refractivity contribution is -0.130. The third kappa shape index (κ3) is 6.67. The fourth-order valence-corrected chi connectivity index (χ4v) is 3.84. The maximum atomic E-state index is 12.5. The highest BCUT2D eigenvalue weighted by Crippen LogP contribution is 2.18. The van der Waals surface area contributed by atoms with Gasteiger partial charge in [0.05, 0.1) is 19.8 Å². The molecule has 1 aliphatic heterocycles. The number of nitrogens with one attached hydrogen (secondary N) is 2. The highest BCUT2D eigenvalue weighted by molar-refractivity contribution is 5.84. The second-order valence-electron chi connectivity index (χ2n) is 8.17. The molecule has 0 spiro atoms. The number of urea groups is 1. The lowest BCUT2D eigenvalue weighted by atomic mass is 10.00. The lowest BCUT2D eigenvalue weighted by Gasteiger charge is -2.29. The number of hydrogen-bond donors (Lipinski definition) is 2. The van der Waals surface area contributed by atoms with Gasteiger partial charge in [0.15, 0.2) is 0 Å². The van der Waals surface area contributed by atoms with Crippen LogP contribution in [0.25, 0.3) is 0 Å². The molecule has 0 aliphatic carbocycles. The van der Waals surface area contributed by atoms with Gasteiger partial charge in [-0.05, 0) is 34.2 Å². The maximum absolute atomic E-state index is 12.5. The molecule has 0 atom stereocenters. The van der Waals surface area contributed by atoms with Crippen LogP contribution >= 0.6 is 0 Å². The van der Waals surface area contributed by atoms with E-state index in [1.54, 1.807) is 4.90 Å². The van der Waals surface area contributed by atoms with E-state index in [0.717, 1.165) is 23.1 Å². The zero-order chi connectivity index (χ0) is 22.9. The molecule has 170 valence electrons. The third-order valence-electron chi connectivity index (χ3n) is 5.74. The summed E-state index contributed by atoms with van der Waals surface area (Å²) >= 11 is 0. The zero-order valence-electron chi connectivity index (χ0n) is 18.6. The lowest BCUT2D eigenvalue weighted by Crippen LogP contribution is -2.45. The molecule has 3 aromatic rings. The van der Waals surface area contributed by atoms with Gasteiger partial charge < -0.3 is 20.3 Å². The number of nitrogens with zero attached hydrogens (tertiary/aromatic N) is 1. The number of carbonyl (C=O) groups is 2. The zero-order valence-corrected chi connectivity index (χ0v) is 18.6. The van der Waals surface area contributed by atoms with E-state index in [0.29, 0.717) is 32.8 Å². The Bertz CT molecular complexity index is 1070. The molecule has 4 rings (SSSR count). The summed E-state index contributed by atoms with van der Waals surface area (Å²) in [6, 6.07) is 25.8. The fraction of sp³-hybridized carbons (Fsp3) is 0.259. The van der Waals surface area contributed by atoms with Gasteiger partial charge in [0.25, 0.3) is 0 Å². The van der Waals surface area contributed by atoms with Crippen molar-refractivity contribution >= 4 is 11.9 Å². The molecule has 6 nitrogen and oxygen atoms in total. The number of fused-ring (bicyclic) bond motifs is 1. The number of hydrogen-bond acceptors (Lipinski definition) is 3. The highest BCUT2D eigenvalue weighted by Gasteiger charge is 2.20. The van der Waals surface area contributed by atoms with Crippen molar-refractivity contribution in [3.8, 4) is 0 Å². The van der Waals surface area contributed by atoms with Gasteiger partial charge in [0, 0.05) is 19.6 Å². The molecule has 2 N–H and O–H groups in total. The SMILES string of the molecule is O=C(NCC(=O)N1CCc2ccccc2C1)NCc1ccc(COCc2ccccc2)cc1. The minimum atomic E-state index is -0.351. The van der Waals surface area contributed by atoms with E-state index >= 15 is 0 Å². The first-order valence-electron chi connectivity index (χ1n) is 11.2. The molecule has 3 aromatic carbocycles. The topological polar surface area (TPSA) is 70.7 Å². The molecule has 0 saturated carbocycles. The summed E-state index contributed by atoms with van der Waals surface area (Å²) in [5.74, 6) is -0.0699. The molecular weight excluding hydrogens is 414 g/mol. The summed E-state index contributed by atoms with van der Waals surface area (Å²) in [5.41, 5.74) is 5.67. The normalized spacial score (nSPS) is 12.7. The Kier molecular flexibility index (Phi) is 7.72. The minimum Gasteiger partial charge on any atom is -0.372 e. The summed E-state index contributed by atoms with van der Waals surface area (Å²) in [4.78, 5) is 26.4. The van der Waals surface area contributed by atoms with Crippen molar-refractivity contribution in [1.82, 2.24) is 15.5 Å². The van der Waals surface area contributed by atoms with Gasteiger partial charge in [-0.25, -0.2) is 4.79 Å². The Labute approximate surface area is 194 Å². The molecule has 0 unspecified atom stereocenters. The van der Waals surface area contributed by atoms with E-state index in [9.17, 15) is 9.59 Å². The van der Waals surface area contributed by atoms with Crippen LogP contribution in [0.3, 0.4) is 0 Å². The third-order valence-corrected chi connectivity index (χ3v) is 5.74. The van der Waals surface area contributed by atoms with Gasteiger partial charge in [0.2, 0.25) is 5.91 Å². The monoisotopic (exact) mass is 443 g/mol. The van der Waals surface area contributed by atoms with Gasteiger partial charge in [-0.15, -0.1) is 0 Å². The van der Waals surface area contributed by atoms with Crippen molar-refractivity contribution in [2.24, 2.45) is 0 Å². The Morgan fingerprint density at radius 2 is 1.39 bits per heavy atom. The Hall–Kier alpha value is -3.64. The smallest absolute Gasteiger partial charge is 0.315 e. The first kappa shape index (κ1) is 22.6. The Morgan fingerprint density at radius 1 is 0.758 bits per heavy atom. The number of carbonyl (C=O) groups excluding carboxylic acids is 2. The predicted molar refractivity (Wildman–Crippen MR) is 127 cm³/mol. The van der Waals surface area contributed by atoms with Gasteiger partial charge in [-0.3, -0.25) is 4.79 Å². The summed E-state index contributed by atoms with van der Waals surface area (Å²) < 4.78 is 5.75. The van der Waals surface area contributed by atoms with E-state index in [-0.39, 0.29) is 18.5 Å². The standard InChI is InChI=1S/C27H29N3O3/c31-26(30-15-14-24-8-4-5-9-25(24)18-30)17-29-27(32)28-16-21-10-12-23(13-11-21)20-33-19-22-6-2-1-3-7-22/h1-13H,14-20H2,(H2,28,29,32). The first-order valence-corrected chi connectivity index (χ1v) is 11.2. The van der Waals surface area contributed by atoms with Crippen molar-refractivity contribution in [3.63, 3.8) is 0 Å². The molecular formula is C27H29N3O3. The molecule has 33 heavy (non-hydrogen) atoms. The summed E-state index contributed by atoms with van der Waals surface area (Å²) in [7, 11) is 0. The quantitative estimate of drug-likeness (QED) is 0.557. The largest absolute Gasteiger partial charge is 0.372 e. The van der Waals surface area contributed by atoms with Crippen LogP contribution in [0.4, 0.5) is 4.79 Å². The molecule has 1 aliphatic rings. The van der Waals surface area contributed by atoms with Gasteiger partial charge in [-0.2, -0.15) is 0 Å². The molecule has 3 amide bonds. The van der Waals surface area contributed by atoms with Crippen LogP contribution in [0.5, 0.6) is 0 Å². The maximum Gasteiger partial charge on any atom is 0.315 e. The van der Waals surface area contributed by atoms with E-state index in [1.807, 2.05) is 66.7 Å².